The predicted octanol–water partition coefficient (Wildman–Crippen LogP) is 10.1. The van der Waals surface area contributed by atoms with E-state index in [1.54, 1.807) is 0 Å². The maximum absolute atomic E-state index is 3.68. The van der Waals surface area contributed by atoms with Gasteiger partial charge in [0, 0.05) is 51.9 Å². The smallest absolute Gasteiger partial charge is 0.209 e. The number of aryl methyl sites for hydroxylation is 1. The lowest BCUT2D eigenvalue weighted by molar-refractivity contribution is -0.438. The van der Waals surface area contributed by atoms with Crippen LogP contribution in [-0.2, 0) is 10.8 Å². The minimum atomic E-state index is -0.0270. The van der Waals surface area contributed by atoms with Gasteiger partial charge >= 0.3 is 0 Å². The number of unbranched alkanes of at least 4 members (excludes halogenated alkanes) is 2. The largest absolute Gasteiger partial charge is 0.344 e. The van der Waals surface area contributed by atoms with Gasteiger partial charge in [0.2, 0.25) is 5.69 Å². The zero-order valence-electron chi connectivity index (χ0n) is 25.0. The fourth-order valence-electron chi connectivity index (χ4n) is 6.04. The normalized spacial score (nSPS) is 18.9. The minimum Gasteiger partial charge on any atom is -0.344 e. The van der Waals surface area contributed by atoms with E-state index in [1.807, 2.05) is 0 Å². The van der Waals surface area contributed by atoms with Crippen LogP contribution in [0.2, 0.25) is 0 Å². The molecule has 2 aliphatic heterocycles. The highest BCUT2D eigenvalue weighted by Gasteiger charge is 2.44. The van der Waals surface area contributed by atoms with Crippen LogP contribution < -0.4 is 4.90 Å². The topological polar surface area (TPSA) is 6.25 Å². The average molecular weight is 587 g/mol. The molecule has 0 bridgehead atoms. The Labute approximate surface area is 245 Å². The van der Waals surface area contributed by atoms with Crippen LogP contribution in [0.25, 0.3) is 0 Å². The molecule has 2 aliphatic rings. The lowest BCUT2D eigenvalue weighted by Gasteiger charge is -2.27. The lowest BCUT2D eigenvalue weighted by Crippen LogP contribution is -2.27. The van der Waals surface area contributed by atoms with E-state index in [1.165, 1.54) is 65.2 Å². The summed E-state index contributed by atoms with van der Waals surface area (Å²) in [5.41, 5.74) is 9.60. The summed E-state index contributed by atoms with van der Waals surface area (Å²) in [4.78, 5) is 2.53. The van der Waals surface area contributed by atoms with Crippen molar-refractivity contribution in [2.45, 2.75) is 85.0 Å². The number of hydrogen-bond acceptors (Lipinski definition) is 1. The lowest BCUT2D eigenvalue weighted by atomic mass is 9.81. The van der Waals surface area contributed by atoms with Crippen molar-refractivity contribution >= 4 is 33.0 Å². The summed E-state index contributed by atoms with van der Waals surface area (Å²) in [6, 6.07) is 13.6. The number of allylic oxidation sites excluding steroid dienone is 8. The number of fused-ring (bicyclic) bond motifs is 2. The Morgan fingerprint density at radius 2 is 1.54 bits per heavy atom. The minimum absolute atomic E-state index is 0.000302. The standard InChI is InChI=1S/C36H46BrN2/c1-8-10-23-38-31-21-19-27(3)25-29(31)35(4,5)33(38)17-15-13-12-14-16-18-34-36(6,7)30-26-28(37)20-22-32(30)39(34)24-11-9-2/h12-22,25-26H,8-11,23-24H2,1-7H3/q+1. The Balaban J connectivity index is 1.53. The molecule has 4 rings (SSSR count). The molecule has 0 atom stereocenters. The maximum atomic E-state index is 3.68. The third-order valence-electron chi connectivity index (χ3n) is 8.32. The first-order chi connectivity index (χ1) is 18.6. The highest BCUT2D eigenvalue weighted by atomic mass is 79.9. The summed E-state index contributed by atoms with van der Waals surface area (Å²) in [5.74, 6) is 0. The van der Waals surface area contributed by atoms with Crippen LogP contribution >= 0.6 is 15.9 Å². The zero-order valence-corrected chi connectivity index (χ0v) is 26.6. The molecule has 0 unspecified atom stereocenters. The van der Waals surface area contributed by atoms with Crippen molar-refractivity contribution in [2.75, 3.05) is 18.0 Å². The summed E-state index contributed by atoms with van der Waals surface area (Å²) in [6.07, 6.45) is 20.2. The second-order valence-corrected chi connectivity index (χ2v) is 12.9. The van der Waals surface area contributed by atoms with Crippen LogP contribution in [0.3, 0.4) is 0 Å². The number of hydrogen-bond donors (Lipinski definition) is 0. The second-order valence-electron chi connectivity index (χ2n) is 12.0. The van der Waals surface area contributed by atoms with Crippen molar-refractivity contribution in [1.82, 2.24) is 0 Å². The van der Waals surface area contributed by atoms with Crippen molar-refractivity contribution in [3.05, 3.63) is 106 Å². The van der Waals surface area contributed by atoms with Crippen LogP contribution in [0, 0.1) is 6.92 Å². The molecule has 206 valence electrons. The number of rotatable bonds is 10. The molecule has 2 nitrogen and oxygen atoms in total. The molecule has 0 fully saturated rings. The summed E-state index contributed by atoms with van der Waals surface area (Å²) in [6.45, 7) is 18.2. The van der Waals surface area contributed by atoms with Crippen LogP contribution in [0.5, 0.6) is 0 Å². The third-order valence-corrected chi connectivity index (χ3v) is 8.82. The van der Waals surface area contributed by atoms with E-state index in [9.17, 15) is 0 Å². The van der Waals surface area contributed by atoms with Gasteiger partial charge in [0.1, 0.15) is 6.54 Å². The molecular formula is C36H46BrN2+. The molecule has 0 aliphatic carbocycles. The van der Waals surface area contributed by atoms with Crippen molar-refractivity contribution < 1.29 is 4.58 Å². The van der Waals surface area contributed by atoms with E-state index in [-0.39, 0.29) is 10.8 Å². The van der Waals surface area contributed by atoms with Crippen molar-refractivity contribution in [1.29, 1.82) is 0 Å². The molecule has 0 saturated carbocycles. The van der Waals surface area contributed by atoms with Gasteiger partial charge in [-0.3, -0.25) is 0 Å². The Morgan fingerprint density at radius 3 is 2.28 bits per heavy atom. The van der Waals surface area contributed by atoms with Gasteiger partial charge in [-0.25, -0.2) is 0 Å². The summed E-state index contributed by atoms with van der Waals surface area (Å²) in [7, 11) is 0. The molecular weight excluding hydrogens is 540 g/mol. The van der Waals surface area contributed by atoms with Gasteiger partial charge in [0.25, 0.3) is 0 Å². The quantitative estimate of drug-likeness (QED) is 0.198. The molecule has 0 aromatic heterocycles. The Kier molecular flexibility index (Phi) is 9.21. The van der Waals surface area contributed by atoms with Crippen molar-refractivity contribution in [3.63, 3.8) is 0 Å². The van der Waals surface area contributed by atoms with Gasteiger partial charge in [0.05, 0.1) is 5.41 Å². The first-order valence-electron chi connectivity index (χ1n) is 14.7. The number of nitrogens with zero attached hydrogens (tertiary/aromatic N) is 2. The van der Waals surface area contributed by atoms with Crippen molar-refractivity contribution in [3.8, 4) is 0 Å². The molecule has 0 saturated heterocycles. The molecule has 0 amide bonds. The molecule has 39 heavy (non-hydrogen) atoms. The van der Waals surface area contributed by atoms with E-state index in [2.05, 4.69) is 153 Å². The van der Waals surface area contributed by atoms with Gasteiger partial charge in [-0.15, -0.1) is 0 Å². The maximum Gasteiger partial charge on any atom is 0.209 e. The number of halogens is 1. The average Bonchev–Trinajstić information content (AvgIpc) is 3.23. The number of anilines is 1. The summed E-state index contributed by atoms with van der Waals surface area (Å²) in [5, 5.41) is 0. The first-order valence-corrected chi connectivity index (χ1v) is 15.5. The molecule has 2 aromatic carbocycles. The molecule has 2 aromatic rings. The van der Waals surface area contributed by atoms with E-state index < -0.39 is 0 Å². The summed E-state index contributed by atoms with van der Waals surface area (Å²) < 4.78 is 3.66. The Bertz CT molecular complexity index is 1350. The van der Waals surface area contributed by atoms with Crippen LogP contribution in [0.15, 0.2) is 89.1 Å². The molecule has 3 heteroatoms. The zero-order chi connectivity index (χ0) is 28.2. The van der Waals surface area contributed by atoms with Crippen molar-refractivity contribution in [2.24, 2.45) is 0 Å². The van der Waals surface area contributed by atoms with Crippen LogP contribution in [0.4, 0.5) is 11.4 Å². The Hall–Kier alpha value is -2.65. The van der Waals surface area contributed by atoms with Gasteiger partial charge in [-0.2, -0.15) is 4.58 Å². The van der Waals surface area contributed by atoms with Crippen LogP contribution in [-0.4, -0.2) is 23.4 Å². The SMILES string of the molecule is CCCCN1/C(=C/C=C/C=C/C=C/C2=[N+](CCCC)c3ccc(Br)cc3C2(C)C)C(C)(C)c2cc(C)ccc21. The molecule has 0 spiro atoms. The second kappa shape index (κ2) is 12.3. The fraction of sp³-hybridized carbons (Fsp3) is 0.417. The summed E-state index contributed by atoms with van der Waals surface area (Å²) >= 11 is 3.68. The van der Waals surface area contributed by atoms with Gasteiger partial charge in [-0.05, 0) is 57.0 Å². The highest BCUT2D eigenvalue weighted by Crippen LogP contribution is 2.48. The Morgan fingerprint density at radius 1 is 0.821 bits per heavy atom. The van der Waals surface area contributed by atoms with E-state index >= 15 is 0 Å². The van der Waals surface area contributed by atoms with E-state index in [0.29, 0.717) is 0 Å². The van der Waals surface area contributed by atoms with Gasteiger partial charge < -0.3 is 4.90 Å². The molecule has 0 radical (unpaired) electrons. The van der Waals surface area contributed by atoms with E-state index in [0.717, 1.165) is 17.6 Å². The number of benzene rings is 2. The van der Waals surface area contributed by atoms with Gasteiger partial charge in [0.15, 0.2) is 5.71 Å². The first kappa shape index (κ1) is 29.3. The van der Waals surface area contributed by atoms with E-state index in [4.69, 9.17) is 0 Å². The third kappa shape index (κ3) is 5.94. The fourth-order valence-corrected chi connectivity index (χ4v) is 6.40. The highest BCUT2D eigenvalue weighted by molar-refractivity contribution is 9.10. The molecule has 2 heterocycles. The predicted molar refractivity (Wildman–Crippen MR) is 174 cm³/mol. The van der Waals surface area contributed by atoms with Crippen LogP contribution in [0.1, 0.15) is 83.9 Å². The van der Waals surface area contributed by atoms with Gasteiger partial charge in [-0.1, -0.05) is 105 Å². The molecule has 0 N–H and O–H groups in total. The monoisotopic (exact) mass is 585 g/mol.